The molecule has 0 aliphatic carbocycles. The standard InChI is InChI=1S/C16H19ClFN3O4/c17-11-5-10(6-12(18)7-11)8-20-15(23)25-16(24)2-4-21(14(16)22)13-1-3-19-9-13/h5-7,13,19,24H,1-4,8-9H2,(H,20,23)/t13?,16-/m1/s1. The molecule has 2 atom stereocenters. The summed E-state index contributed by atoms with van der Waals surface area (Å²) in [7, 11) is 0. The fourth-order valence-electron chi connectivity index (χ4n) is 3.13. The number of amides is 2. The molecule has 2 fully saturated rings. The highest BCUT2D eigenvalue weighted by Crippen LogP contribution is 2.27. The average Bonchev–Trinajstić information content (AvgIpc) is 3.14. The second-order valence-corrected chi connectivity index (χ2v) is 6.64. The van der Waals surface area contributed by atoms with Gasteiger partial charge in [0, 0.05) is 37.1 Å². The summed E-state index contributed by atoms with van der Waals surface area (Å²) < 4.78 is 18.2. The van der Waals surface area contributed by atoms with E-state index in [1.54, 1.807) is 4.90 Å². The molecule has 1 aromatic carbocycles. The fourth-order valence-corrected chi connectivity index (χ4v) is 3.37. The van der Waals surface area contributed by atoms with Crippen LogP contribution in [0.5, 0.6) is 0 Å². The molecule has 3 N–H and O–H groups in total. The number of hydrogen-bond acceptors (Lipinski definition) is 5. The van der Waals surface area contributed by atoms with Crippen molar-refractivity contribution in [3.05, 3.63) is 34.6 Å². The number of nitrogens with one attached hydrogen (secondary N) is 2. The van der Waals surface area contributed by atoms with Gasteiger partial charge in [-0.15, -0.1) is 0 Å². The van der Waals surface area contributed by atoms with Crippen LogP contribution in [0.25, 0.3) is 0 Å². The van der Waals surface area contributed by atoms with Gasteiger partial charge in [-0.25, -0.2) is 9.18 Å². The van der Waals surface area contributed by atoms with Crippen LogP contribution in [0.2, 0.25) is 5.02 Å². The summed E-state index contributed by atoms with van der Waals surface area (Å²) in [5.41, 5.74) is 0.436. The number of benzene rings is 1. The lowest BCUT2D eigenvalue weighted by Crippen LogP contribution is -2.48. The molecule has 9 heteroatoms. The van der Waals surface area contributed by atoms with Gasteiger partial charge in [0.1, 0.15) is 5.82 Å². The van der Waals surface area contributed by atoms with Crippen LogP contribution in [-0.2, 0) is 16.1 Å². The minimum atomic E-state index is -2.16. The Hall–Kier alpha value is -1.90. The van der Waals surface area contributed by atoms with E-state index in [9.17, 15) is 19.1 Å². The van der Waals surface area contributed by atoms with Gasteiger partial charge < -0.3 is 25.4 Å². The highest BCUT2D eigenvalue weighted by atomic mass is 35.5. The van der Waals surface area contributed by atoms with Gasteiger partial charge in [-0.1, -0.05) is 11.6 Å². The summed E-state index contributed by atoms with van der Waals surface area (Å²) in [6.45, 7) is 1.75. The number of carbonyl (C=O) groups is 2. The zero-order valence-corrected chi connectivity index (χ0v) is 14.2. The summed E-state index contributed by atoms with van der Waals surface area (Å²) >= 11 is 5.74. The van der Waals surface area contributed by atoms with Crippen LogP contribution in [0.4, 0.5) is 9.18 Å². The van der Waals surface area contributed by atoms with Crippen LogP contribution in [0, 0.1) is 5.82 Å². The number of carbonyl (C=O) groups excluding carboxylic acids is 2. The predicted octanol–water partition coefficient (Wildman–Crippen LogP) is 0.988. The highest BCUT2D eigenvalue weighted by Gasteiger charge is 2.51. The number of likely N-dealkylation sites (tertiary alicyclic amines) is 1. The molecule has 1 aromatic rings. The molecule has 0 saturated carbocycles. The Balaban J connectivity index is 1.55. The van der Waals surface area contributed by atoms with E-state index in [1.807, 2.05) is 0 Å². The van der Waals surface area contributed by atoms with Crippen molar-refractivity contribution in [2.75, 3.05) is 19.6 Å². The van der Waals surface area contributed by atoms with E-state index in [4.69, 9.17) is 16.3 Å². The molecule has 0 bridgehead atoms. The maximum absolute atomic E-state index is 13.3. The molecule has 25 heavy (non-hydrogen) atoms. The molecule has 0 spiro atoms. The van der Waals surface area contributed by atoms with E-state index in [0.29, 0.717) is 18.7 Å². The smallest absolute Gasteiger partial charge is 0.407 e. The van der Waals surface area contributed by atoms with Crippen LogP contribution in [0.3, 0.4) is 0 Å². The summed E-state index contributed by atoms with van der Waals surface area (Å²) in [5.74, 6) is -3.29. The molecule has 0 radical (unpaired) electrons. The molecule has 1 unspecified atom stereocenters. The quantitative estimate of drug-likeness (QED) is 0.687. The Kier molecular flexibility index (Phi) is 5.12. The first-order valence-corrected chi connectivity index (χ1v) is 8.41. The largest absolute Gasteiger partial charge is 0.410 e. The molecular weight excluding hydrogens is 353 g/mol. The van der Waals surface area contributed by atoms with Crippen LogP contribution in [-0.4, -0.2) is 53.5 Å². The number of halogens is 2. The predicted molar refractivity (Wildman–Crippen MR) is 87.3 cm³/mol. The van der Waals surface area contributed by atoms with Crippen LogP contribution < -0.4 is 10.6 Å². The summed E-state index contributed by atoms with van der Waals surface area (Å²) in [4.78, 5) is 25.8. The molecule has 7 nitrogen and oxygen atoms in total. The Labute approximate surface area is 149 Å². The summed E-state index contributed by atoms with van der Waals surface area (Å²) in [5, 5.41) is 16.1. The first-order valence-electron chi connectivity index (χ1n) is 8.03. The first kappa shape index (κ1) is 17.9. The lowest BCUT2D eigenvalue weighted by atomic mass is 10.2. The topological polar surface area (TPSA) is 90.9 Å². The van der Waals surface area contributed by atoms with Gasteiger partial charge in [0.25, 0.3) is 11.7 Å². The number of alkyl carbamates (subject to hydrolysis) is 1. The molecular formula is C16H19ClFN3O4. The monoisotopic (exact) mass is 371 g/mol. The van der Waals surface area contributed by atoms with Crippen molar-refractivity contribution in [3.8, 4) is 0 Å². The molecule has 2 aliphatic rings. The SMILES string of the molecule is O=C(NCc1cc(F)cc(Cl)c1)O[C@]1(O)CCN(C2CCNC2)C1=O. The first-order chi connectivity index (χ1) is 11.9. The van der Waals surface area contributed by atoms with Gasteiger partial charge >= 0.3 is 6.09 Å². The summed E-state index contributed by atoms with van der Waals surface area (Å²) in [6, 6.07) is 3.86. The maximum atomic E-state index is 13.3. The lowest BCUT2D eigenvalue weighted by Gasteiger charge is -2.25. The second kappa shape index (κ2) is 7.15. The zero-order chi connectivity index (χ0) is 18.0. The number of hydrogen-bond donors (Lipinski definition) is 3. The van der Waals surface area contributed by atoms with Gasteiger partial charge in [-0.2, -0.15) is 0 Å². The van der Waals surface area contributed by atoms with Gasteiger partial charge in [-0.05, 0) is 36.7 Å². The maximum Gasteiger partial charge on any atom is 0.410 e. The third-order valence-electron chi connectivity index (χ3n) is 4.38. The van der Waals surface area contributed by atoms with E-state index in [1.165, 1.54) is 12.1 Å². The Morgan fingerprint density at radius 3 is 3.00 bits per heavy atom. The van der Waals surface area contributed by atoms with Crippen LogP contribution in [0.1, 0.15) is 18.4 Å². The molecule has 2 saturated heterocycles. The lowest BCUT2D eigenvalue weighted by molar-refractivity contribution is -0.183. The van der Waals surface area contributed by atoms with Crippen molar-refractivity contribution in [2.24, 2.45) is 0 Å². The average molecular weight is 372 g/mol. The van der Waals surface area contributed by atoms with E-state index in [2.05, 4.69) is 10.6 Å². The number of aliphatic hydroxyl groups is 1. The van der Waals surface area contributed by atoms with Crippen molar-refractivity contribution in [1.82, 2.24) is 15.5 Å². The van der Waals surface area contributed by atoms with E-state index >= 15 is 0 Å². The third kappa shape index (κ3) is 4.02. The van der Waals surface area contributed by atoms with Gasteiger partial charge in [0.05, 0.1) is 0 Å². The van der Waals surface area contributed by atoms with Crippen LogP contribution >= 0.6 is 11.6 Å². The Morgan fingerprint density at radius 1 is 1.52 bits per heavy atom. The zero-order valence-electron chi connectivity index (χ0n) is 13.4. The third-order valence-corrected chi connectivity index (χ3v) is 4.60. The van der Waals surface area contributed by atoms with Crippen molar-refractivity contribution >= 4 is 23.6 Å². The molecule has 0 aromatic heterocycles. The van der Waals surface area contributed by atoms with Gasteiger partial charge in [0.2, 0.25) is 0 Å². The Bertz CT molecular complexity index is 663. The molecule has 2 aliphatic heterocycles. The number of ether oxygens (including phenoxy) is 1. The van der Waals surface area contributed by atoms with E-state index in [0.717, 1.165) is 19.0 Å². The van der Waals surface area contributed by atoms with Gasteiger partial charge in [-0.3, -0.25) is 4.79 Å². The number of rotatable bonds is 4. The Morgan fingerprint density at radius 2 is 2.32 bits per heavy atom. The van der Waals surface area contributed by atoms with Gasteiger partial charge in [0.15, 0.2) is 0 Å². The number of nitrogens with zero attached hydrogens (tertiary/aromatic N) is 1. The summed E-state index contributed by atoms with van der Waals surface area (Å²) in [6.07, 6.45) is -0.141. The van der Waals surface area contributed by atoms with Crippen molar-refractivity contribution in [2.45, 2.75) is 31.2 Å². The highest BCUT2D eigenvalue weighted by molar-refractivity contribution is 6.30. The molecule has 2 amide bonds. The fraction of sp³-hybridized carbons (Fsp3) is 0.500. The second-order valence-electron chi connectivity index (χ2n) is 6.20. The minimum absolute atomic E-state index is 0.00243. The van der Waals surface area contributed by atoms with E-state index in [-0.39, 0.29) is 24.0 Å². The van der Waals surface area contributed by atoms with Crippen LogP contribution in [0.15, 0.2) is 18.2 Å². The van der Waals surface area contributed by atoms with Crippen molar-refractivity contribution < 1.29 is 23.8 Å². The molecule has 3 rings (SSSR count). The van der Waals surface area contributed by atoms with Crippen molar-refractivity contribution in [3.63, 3.8) is 0 Å². The molecule has 2 heterocycles. The minimum Gasteiger partial charge on any atom is -0.407 e. The molecule has 136 valence electrons. The normalized spacial score (nSPS) is 26.1. The van der Waals surface area contributed by atoms with E-state index < -0.39 is 23.6 Å². The van der Waals surface area contributed by atoms with Crippen molar-refractivity contribution in [1.29, 1.82) is 0 Å².